The molecule has 3 fully saturated rings. The summed E-state index contributed by atoms with van der Waals surface area (Å²) in [5, 5.41) is 0. The van der Waals surface area contributed by atoms with Gasteiger partial charge in [-0.3, -0.25) is 4.90 Å². The maximum atomic E-state index is 4.25. The van der Waals surface area contributed by atoms with Gasteiger partial charge in [-0.25, -0.2) is 0 Å². The Morgan fingerprint density at radius 3 is 2.53 bits per heavy atom. The summed E-state index contributed by atoms with van der Waals surface area (Å²) >= 11 is 0. The van der Waals surface area contributed by atoms with Crippen molar-refractivity contribution in [3.8, 4) is 0 Å². The largest absolute Gasteiger partial charge is 0.301 e. The number of hydrogen-bond acceptors (Lipinski definition) is 2. The highest BCUT2D eigenvalue weighted by atomic mass is 15.3. The van der Waals surface area contributed by atoms with E-state index in [4.69, 9.17) is 0 Å². The normalized spacial score (nSPS) is 27.6. The molecule has 0 N–H and O–H groups in total. The van der Waals surface area contributed by atoms with Crippen molar-refractivity contribution in [1.29, 1.82) is 0 Å². The van der Waals surface area contributed by atoms with E-state index in [0.717, 1.165) is 18.5 Å². The monoisotopic (exact) mass is 256 g/mol. The van der Waals surface area contributed by atoms with Gasteiger partial charge in [0.15, 0.2) is 0 Å². The van der Waals surface area contributed by atoms with E-state index in [0.29, 0.717) is 0 Å². The van der Waals surface area contributed by atoms with E-state index in [1.165, 1.54) is 43.6 Å². The number of likely N-dealkylation sites (N-methyl/N-ethyl adjacent to an activating group) is 1. The summed E-state index contributed by atoms with van der Waals surface area (Å²) in [6, 6.07) is 12.2. The number of fused-ring (bicyclic) bond motifs is 3. The fourth-order valence-electron chi connectivity index (χ4n) is 3.50. The van der Waals surface area contributed by atoms with Crippen molar-refractivity contribution in [2.24, 2.45) is 0 Å². The van der Waals surface area contributed by atoms with E-state index >= 15 is 0 Å². The molecular formula is C17H24N2. The van der Waals surface area contributed by atoms with Crippen LogP contribution >= 0.6 is 0 Å². The van der Waals surface area contributed by atoms with Crippen molar-refractivity contribution in [2.75, 3.05) is 26.7 Å². The number of piperidine rings is 2. The second-order valence-corrected chi connectivity index (χ2v) is 6.04. The van der Waals surface area contributed by atoms with Gasteiger partial charge in [0.2, 0.25) is 0 Å². The summed E-state index contributed by atoms with van der Waals surface area (Å²) < 4.78 is 0. The van der Waals surface area contributed by atoms with Gasteiger partial charge in [-0.2, -0.15) is 0 Å². The fraction of sp³-hybridized carbons (Fsp3) is 0.529. The summed E-state index contributed by atoms with van der Waals surface area (Å²) in [7, 11) is 2.27. The Hall–Kier alpha value is -1.12. The van der Waals surface area contributed by atoms with E-state index < -0.39 is 0 Å². The van der Waals surface area contributed by atoms with Crippen molar-refractivity contribution in [3.63, 3.8) is 0 Å². The van der Waals surface area contributed by atoms with Crippen molar-refractivity contribution in [2.45, 2.75) is 31.3 Å². The van der Waals surface area contributed by atoms with E-state index in [1.54, 1.807) is 0 Å². The molecule has 102 valence electrons. The average molecular weight is 256 g/mol. The van der Waals surface area contributed by atoms with Gasteiger partial charge in [0.1, 0.15) is 0 Å². The van der Waals surface area contributed by atoms with Gasteiger partial charge in [0, 0.05) is 31.7 Å². The van der Waals surface area contributed by atoms with Crippen molar-refractivity contribution in [3.05, 3.63) is 42.5 Å². The van der Waals surface area contributed by atoms with E-state index in [-0.39, 0.29) is 0 Å². The van der Waals surface area contributed by atoms with Gasteiger partial charge < -0.3 is 4.90 Å². The topological polar surface area (TPSA) is 6.48 Å². The molecule has 2 atom stereocenters. The van der Waals surface area contributed by atoms with Crippen LogP contribution in [0.3, 0.4) is 0 Å². The lowest BCUT2D eigenvalue weighted by Gasteiger charge is -2.50. The highest BCUT2D eigenvalue weighted by Crippen LogP contribution is 2.28. The summed E-state index contributed by atoms with van der Waals surface area (Å²) in [6.07, 6.45) is 3.86. The summed E-state index contributed by atoms with van der Waals surface area (Å²) in [6.45, 7) is 7.92. The molecule has 0 aliphatic carbocycles. The van der Waals surface area contributed by atoms with Gasteiger partial charge in [-0.1, -0.05) is 36.9 Å². The van der Waals surface area contributed by atoms with Gasteiger partial charge in [-0.15, -0.1) is 0 Å². The molecule has 3 aliphatic rings. The van der Waals surface area contributed by atoms with Gasteiger partial charge >= 0.3 is 0 Å². The van der Waals surface area contributed by atoms with Crippen LogP contribution in [0, 0.1) is 0 Å². The summed E-state index contributed by atoms with van der Waals surface area (Å²) in [4.78, 5) is 5.22. The van der Waals surface area contributed by atoms with Crippen LogP contribution in [0.25, 0.3) is 5.57 Å². The summed E-state index contributed by atoms with van der Waals surface area (Å²) in [5.74, 6) is 0. The third-order valence-corrected chi connectivity index (χ3v) is 4.80. The van der Waals surface area contributed by atoms with Gasteiger partial charge in [0.25, 0.3) is 0 Å². The molecule has 0 aromatic heterocycles. The Balaban J connectivity index is 1.55. The molecule has 2 bridgehead atoms. The molecular weight excluding hydrogens is 232 g/mol. The van der Waals surface area contributed by atoms with E-state index in [1.807, 2.05) is 0 Å². The maximum Gasteiger partial charge on any atom is 0.0224 e. The SMILES string of the molecule is C=C(CCN1CC2CCC1CN2C)c1ccccc1. The fourth-order valence-corrected chi connectivity index (χ4v) is 3.50. The van der Waals surface area contributed by atoms with Crippen LogP contribution in [0.1, 0.15) is 24.8 Å². The number of hydrogen-bond donors (Lipinski definition) is 0. The predicted molar refractivity (Wildman–Crippen MR) is 81.1 cm³/mol. The molecule has 2 heteroatoms. The van der Waals surface area contributed by atoms with E-state index in [2.05, 4.69) is 53.8 Å². The van der Waals surface area contributed by atoms with Crippen LogP contribution in [0.5, 0.6) is 0 Å². The molecule has 3 aliphatic heterocycles. The lowest BCUT2D eigenvalue weighted by atomic mass is 9.91. The Labute approximate surface area is 116 Å². The number of nitrogens with zero attached hydrogens (tertiary/aromatic N) is 2. The first-order chi connectivity index (χ1) is 9.24. The molecule has 0 amide bonds. The third-order valence-electron chi connectivity index (χ3n) is 4.80. The van der Waals surface area contributed by atoms with Crippen molar-refractivity contribution in [1.82, 2.24) is 9.80 Å². The average Bonchev–Trinajstić information content (AvgIpc) is 2.46. The minimum Gasteiger partial charge on any atom is -0.301 e. The minimum absolute atomic E-state index is 0.776. The Kier molecular flexibility index (Phi) is 3.72. The van der Waals surface area contributed by atoms with E-state index in [9.17, 15) is 0 Å². The number of rotatable bonds is 4. The molecule has 0 radical (unpaired) electrons. The minimum atomic E-state index is 0.776. The highest BCUT2D eigenvalue weighted by Gasteiger charge is 2.36. The maximum absolute atomic E-state index is 4.25. The first-order valence-electron chi connectivity index (χ1n) is 7.41. The molecule has 0 saturated carbocycles. The third kappa shape index (κ3) is 2.75. The second kappa shape index (κ2) is 5.48. The Morgan fingerprint density at radius 2 is 1.89 bits per heavy atom. The highest BCUT2D eigenvalue weighted by molar-refractivity contribution is 5.63. The van der Waals surface area contributed by atoms with Crippen molar-refractivity contribution >= 4 is 5.57 Å². The van der Waals surface area contributed by atoms with Crippen LogP contribution in [-0.4, -0.2) is 48.6 Å². The second-order valence-electron chi connectivity index (χ2n) is 6.04. The van der Waals surface area contributed by atoms with Crippen LogP contribution in [-0.2, 0) is 0 Å². The molecule has 0 spiro atoms. The lowest BCUT2D eigenvalue weighted by molar-refractivity contribution is -0.00481. The summed E-state index contributed by atoms with van der Waals surface area (Å²) in [5.41, 5.74) is 2.57. The van der Waals surface area contributed by atoms with Crippen molar-refractivity contribution < 1.29 is 0 Å². The molecule has 2 unspecified atom stereocenters. The number of benzene rings is 1. The van der Waals surface area contributed by atoms with Crippen LogP contribution < -0.4 is 0 Å². The molecule has 3 saturated heterocycles. The van der Waals surface area contributed by atoms with Gasteiger partial charge in [-0.05, 0) is 37.4 Å². The predicted octanol–water partition coefficient (Wildman–Crippen LogP) is 2.87. The zero-order valence-electron chi connectivity index (χ0n) is 11.9. The Bertz CT molecular complexity index is 440. The lowest BCUT2D eigenvalue weighted by Crippen LogP contribution is -2.61. The molecule has 1 aromatic carbocycles. The quantitative estimate of drug-likeness (QED) is 0.817. The zero-order chi connectivity index (χ0) is 13.2. The molecule has 1 aromatic rings. The smallest absolute Gasteiger partial charge is 0.0224 e. The number of piperazine rings is 1. The molecule has 19 heavy (non-hydrogen) atoms. The molecule has 2 nitrogen and oxygen atoms in total. The Morgan fingerprint density at radius 1 is 1.16 bits per heavy atom. The first kappa shape index (κ1) is 12.9. The molecule has 4 rings (SSSR count). The van der Waals surface area contributed by atoms with Crippen LogP contribution in [0.4, 0.5) is 0 Å². The van der Waals surface area contributed by atoms with Crippen LogP contribution in [0.2, 0.25) is 0 Å². The van der Waals surface area contributed by atoms with Gasteiger partial charge in [0.05, 0.1) is 0 Å². The zero-order valence-corrected chi connectivity index (χ0v) is 11.9. The molecule has 3 heterocycles. The first-order valence-corrected chi connectivity index (χ1v) is 7.41. The standard InChI is InChI=1S/C17H24N2/c1-14(15-6-4-3-5-7-15)10-11-19-13-16-8-9-17(19)12-18(16)2/h3-7,16-17H,1,8-13H2,2H3. The van der Waals surface area contributed by atoms with Crippen LogP contribution in [0.15, 0.2) is 36.9 Å².